The molecular formula is C12H20N2O4. The number of rotatable bonds is 3. The number of likely N-dealkylation sites (tertiary alicyclic amines) is 1. The molecule has 6 heteroatoms. The van der Waals surface area contributed by atoms with Gasteiger partial charge < -0.3 is 20.1 Å². The molecule has 2 fully saturated rings. The van der Waals surface area contributed by atoms with Crippen LogP contribution in [0.15, 0.2) is 0 Å². The maximum absolute atomic E-state index is 12.0. The van der Waals surface area contributed by atoms with Crippen molar-refractivity contribution >= 4 is 12.0 Å². The summed E-state index contributed by atoms with van der Waals surface area (Å²) in [6.07, 6.45) is 2.22. The summed E-state index contributed by atoms with van der Waals surface area (Å²) in [5.41, 5.74) is 0. The number of urea groups is 1. The van der Waals surface area contributed by atoms with E-state index in [1.807, 2.05) is 0 Å². The number of morpholine rings is 1. The van der Waals surface area contributed by atoms with Crippen molar-refractivity contribution in [2.24, 2.45) is 5.92 Å². The molecule has 0 aliphatic carbocycles. The fraction of sp³-hybridized carbons (Fsp3) is 0.833. The molecule has 2 heterocycles. The lowest BCUT2D eigenvalue weighted by atomic mass is 10.1. The van der Waals surface area contributed by atoms with Gasteiger partial charge in [0.15, 0.2) is 0 Å². The number of hydrogen-bond donors (Lipinski definition) is 2. The van der Waals surface area contributed by atoms with Crippen LogP contribution in [0, 0.1) is 5.92 Å². The van der Waals surface area contributed by atoms with Gasteiger partial charge in [0, 0.05) is 13.1 Å². The molecular weight excluding hydrogens is 236 g/mol. The highest BCUT2D eigenvalue weighted by molar-refractivity contribution is 5.82. The normalized spacial score (nSPS) is 28.3. The molecule has 0 saturated carbocycles. The Balaban J connectivity index is 1.93. The first-order valence-corrected chi connectivity index (χ1v) is 6.41. The molecule has 102 valence electrons. The number of nitrogens with zero attached hydrogens (tertiary/aromatic N) is 1. The molecule has 0 radical (unpaired) electrons. The third-order valence-corrected chi connectivity index (χ3v) is 3.54. The number of ether oxygens (including phenoxy) is 1. The van der Waals surface area contributed by atoms with E-state index >= 15 is 0 Å². The maximum atomic E-state index is 12.0. The van der Waals surface area contributed by atoms with Crippen molar-refractivity contribution in [1.29, 1.82) is 0 Å². The van der Waals surface area contributed by atoms with Gasteiger partial charge in [-0.05, 0) is 18.8 Å². The van der Waals surface area contributed by atoms with Crippen LogP contribution in [0.5, 0.6) is 0 Å². The van der Waals surface area contributed by atoms with Gasteiger partial charge >= 0.3 is 12.0 Å². The number of nitrogens with one attached hydrogen (secondary N) is 1. The lowest BCUT2D eigenvalue weighted by Gasteiger charge is -2.33. The number of carboxylic acids is 1. The first-order chi connectivity index (χ1) is 8.47. The molecule has 2 aliphatic heterocycles. The minimum absolute atomic E-state index is 0.122. The van der Waals surface area contributed by atoms with E-state index in [4.69, 9.17) is 9.84 Å². The van der Waals surface area contributed by atoms with Crippen LogP contribution in [-0.4, -0.2) is 53.3 Å². The molecule has 0 aromatic heterocycles. The molecule has 18 heavy (non-hydrogen) atoms. The highest BCUT2D eigenvalue weighted by Gasteiger charge is 2.36. The molecule has 3 atom stereocenters. The zero-order valence-corrected chi connectivity index (χ0v) is 10.8. The van der Waals surface area contributed by atoms with Crippen molar-refractivity contribution in [2.75, 3.05) is 13.1 Å². The minimum Gasteiger partial charge on any atom is -0.480 e. The second-order valence-corrected chi connectivity index (χ2v) is 5.37. The average molecular weight is 256 g/mol. The summed E-state index contributed by atoms with van der Waals surface area (Å²) in [6, 6.07) is -1.13. The molecule has 6 nitrogen and oxygen atoms in total. The number of carboxylic acid groups (broad SMARTS) is 1. The van der Waals surface area contributed by atoms with Gasteiger partial charge in [0.1, 0.15) is 6.04 Å². The summed E-state index contributed by atoms with van der Waals surface area (Å²) in [5, 5.41) is 11.6. The smallest absolute Gasteiger partial charge is 0.326 e. The van der Waals surface area contributed by atoms with Gasteiger partial charge in [-0.3, -0.25) is 0 Å². The Morgan fingerprint density at radius 2 is 1.83 bits per heavy atom. The number of carbonyl (C=O) groups is 2. The predicted molar refractivity (Wildman–Crippen MR) is 64.3 cm³/mol. The third kappa shape index (κ3) is 2.75. The molecule has 0 spiro atoms. The van der Waals surface area contributed by atoms with Gasteiger partial charge in [-0.1, -0.05) is 13.8 Å². The topological polar surface area (TPSA) is 78.9 Å². The standard InChI is InChI=1S/C12H20N2O4/c1-7(2)10(11(15)16)13-12(17)14-5-8-3-4-9(6-14)18-8/h7-10H,3-6H2,1-2H3,(H,13,17)(H,15,16)/t8?,9?,10-/m0/s1. The van der Waals surface area contributed by atoms with Gasteiger partial charge in [0.25, 0.3) is 0 Å². The second-order valence-electron chi connectivity index (χ2n) is 5.37. The van der Waals surface area contributed by atoms with Crippen molar-refractivity contribution in [3.05, 3.63) is 0 Å². The van der Waals surface area contributed by atoms with E-state index in [0.717, 1.165) is 12.8 Å². The summed E-state index contributed by atoms with van der Waals surface area (Å²) in [7, 11) is 0. The van der Waals surface area contributed by atoms with Crippen LogP contribution < -0.4 is 5.32 Å². The van der Waals surface area contributed by atoms with Crippen molar-refractivity contribution in [3.8, 4) is 0 Å². The highest BCUT2D eigenvalue weighted by Crippen LogP contribution is 2.26. The van der Waals surface area contributed by atoms with Crippen molar-refractivity contribution in [1.82, 2.24) is 10.2 Å². The number of fused-ring (bicyclic) bond motifs is 2. The van der Waals surface area contributed by atoms with Crippen LogP contribution in [0.1, 0.15) is 26.7 Å². The van der Waals surface area contributed by atoms with Crippen molar-refractivity contribution < 1.29 is 19.4 Å². The molecule has 2 rings (SSSR count). The van der Waals surface area contributed by atoms with Crippen LogP contribution in [0.25, 0.3) is 0 Å². The SMILES string of the molecule is CC(C)[C@H](NC(=O)N1CC2CCC(C1)O2)C(=O)O. The van der Waals surface area contributed by atoms with Gasteiger partial charge in [-0.25, -0.2) is 9.59 Å². The Labute approximate surface area is 106 Å². The molecule has 2 unspecified atom stereocenters. The molecule has 2 N–H and O–H groups in total. The van der Waals surface area contributed by atoms with Crippen LogP contribution in [0.3, 0.4) is 0 Å². The van der Waals surface area contributed by atoms with Gasteiger partial charge in [0.05, 0.1) is 12.2 Å². The second kappa shape index (κ2) is 5.14. The lowest BCUT2D eigenvalue weighted by Crippen LogP contribution is -2.54. The number of amides is 2. The molecule has 2 bridgehead atoms. The lowest BCUT2D eigenvalue weighted by molar-refractivity contribution is -0.140. The summed E-state index contributed by atoms with van der Waals surface area (Å²) in [4.78, 5) is 24.7. The quantitative estimate of drug-likeness (QED) is 0.778. The van der Waals surface area contributed by atoms with Crippen LogP contribution in [0.4, 0.5) is 4.79 Å². The number of carbonyl (C=O) groups excluding carboxylic acids is 1. The molecule has 0 aromatic carbocycles. The maximum Gasteiger partial charge on any atom is 0.326 e. The summed E-state index contributed by atoms with van der Waals surface area (Å²) < 4.78 is 5.64. The van der Waals surface area contributed by atoms with E-state index < -0.39 is 12.0 Å². The number of aliphatic carboxylic acids is 1. The highest BCUT2D eigenvalue weighted by atomic mass is 16.5. The Bertz CT molecular complexity index is 333. The van der Waals surface area contributed by atoms with Crippen molar-refractivity contribution in [3.63, 3.8) is 0 Å². The zero-order valence-electron chi connectivity index (χ0n) is 10.8. The van der Waals surface area contributed by atoms with E-state index in [0.29, 0.717) is 13.1 Å². The summed E-state index contributed by atoms with van der Waals surface area (Å²) in [6.45, 7) is 4.68. The Morgan fingerprint density at radius 1 is 1.28 bits per heavy atom. The average Bonchev–Trinajstić information content (AvgIpc) is 2.63. The fourth-order valence-corrected chi connectivity index (χ4v) is 2.52. The van der Waals surface area contributed by atoms with Crippen LogP contribution >= 0.6 is 0 Å². The fourth-order valence-electron chi connectivity index (χ4n) is 2.52. The molecule has 2 amide bonds. The molecule has 2 saturated heterocycles. The van der Waals surface area contributed by atoms with Gasteiger partial charge in [-0.15, -0.1) is 0 Å². The largest absolute Gasteiger partial charge is 0.480 e. The van der Waals surface area contributed by atoms with E-state index in [1.54, 1.807) is 18.7 Å². The van der Waals surface area contributed by atoms with Crippen LogP contribution in [-0.2, 0) is 9.53 Å². The van der Waals surface area contributed by atoms with Crippen molar-refractivity contribution in [2.45, 2.75) is 44.9 Å². The molecule has 2 aliphatic rings. The Hall–Kier alpha value is -1.30. The molecule has 0 aromatic rings. The third-order valence-electron chi connectivity index (χ3n) is 3.54. The Kier molecular flexibility index (Phi) is 3.75. The summed E-state index contributed by atoms with van der Waals surface area (Å²) >= 11 is 0. The van der Waals surface area contributed by atoms with E-state index in [1.165, 1.54) is 0 Å². The van der Waals surface area contributed by atoms with E-state index in [9.17, 15) is 9.59 Å². The Morgan fingerprint density at radius 3 is 2.28 bits per heavy atom. The van der Waals surface area contributed by atoms with E-state index in [2.05, 4.69) is 5.32 Å². The first kappa shape index (κ1) is 13.1. The minimum atomic E-state index is -0.991. The first-order valence-electron chi connectivity index (χ1n) is 6.41. The summed E-state index contributed by atoms with van der Waals surface area (Å²) in [5.74, 6) is -1.13. The predicted octanol–water partition coefficient (Wildman–Crippen LogP) is 0.668. The zero-order chi connectivity index (χ0) is 13.3. The van der Waals surface area contributed by atoms with Gasteiger partial charge in [-0.2, -0.15) is 0 Å². The van der Waals surface area contributed by atoms with E-state index in [-0.39, 0.29) is 24.2 Å². The van der Waals surface area contributed by atoms with Crippen LogP contribution in [0.2, 0.25) is 0 Å². The monoisotopic (exact) mass is 256 g/mol. The van der Waals surface area contributed by atoms with Gasteiger partial charge in [0.2, 0.25) is 0 Å². The number of hydrogen-bond acceptors (Lipinski definition) is 3.